The van der Waals surface area contributed by atoms with Crippen molar-refractivity contribution in [2.24, 2.45) is 5.73 Å². The number of halogens is 3. The van der Waals surface area contributed by atoms with Crippen molar-refractivity contribution in [3.63, 3.8) is 0 Å². The molecule has 2 amide bonds. The fourth-order valence-corrected chi connectivity index (χ4v) is 2.10. The van der Waals surface area contributed by atoms with Gasteiger partial charge in [-0.3, -0.25) is 9.59 Å². The van der Waals surface area contributed by atoms with Crippen molar-refractivity contribution in [3.05, 3.63) is 58.2 Å². The summed E-state index contributed by atoms with van der Waals surface area (Å²) in [7, 11) is 0. The van der Waals surface area contributed by atoms with Crippen molar-refractivity contribution in [2.75, 3.05) is 18.4 Å². The molecule has 6 nitrogen and oxygen atoms in total. The van der Waals surface area contributed by atoms with Gasteiger partial charge in [-0.15, -0.1) is 0 Å². The summed E-state index contributed by atoms with van der Waals surface area (Å²) < 4.78 is 26.9. The Bertz CT molecular complexity index is 766. The zero-order valence-electron chi connectivity index (χ0n) is 12.3. The Kier molecular flexibility index (Phi) is 5.64. The average molecular weight is 355 g/mol. The number of nitrogens with one attached hydrogen (secondary N) is 2. The highest BCUT2D eigenvalue weighted by molar-refractivity contribution is 6.33. The fraction of sp³-hybridized carbons (Fsp3) is 0.133. The third-order valence-electron chi connectivity index (χ3n) is 3.02. The van der Waals surface area contributed by atoms with Crippen molar-refractivity contribution in [1.29, 1.82) is 0 Å². The number of nitrogens with two attached hydrogens (primary N) is 1. The van der Waals surface area contributed by atoms with Gasteiger partial charge in [-0.2, -0.15) is 0 Å². The molecule has 2 rings (SSSR count). The first-order chi connectivity index (χ1) is 11.4. The summed E-state index contributed by atoms with van der Waals surface area (Å²) in [5, 5.41) is 5.37. The van der Waals surface area contributed by atoms with Gasteiger partial charge in [0.2, 0.25) is 5.91 Å². The van der Waals surface area contributed by atoms with Gasteiger partial charge in [0.15, 0.2) is 0 Å². The van der Waals surface area contributed by atoms with E-state index in [1.54, 1.807) is 0 Å². The Labute approximate surface area is 141 Å². The normalized spacial score (nSPS) is 10.3. The number of nitrogens with zero attached hydrogens (tertiary/aromatic N) is 1. The highest BCUT2D eigenvalue weighted by atomic mass is 35.5. The second-order valence-electron chi connectivity index (χ2n) is 4.70. The molecular weight excluding hydrogens is 342 g/mol. The molecule has 1 heterocycles. The van der Waals surface area contributed by atoms with Crippen LogP contribution >= 0.6 is 11.6 Å². The minimum absolute atomic E-state index is 0.0716. The summed E-state index contributed by atoms with van der Waals surface area (Å²) in [6, 6.07) is 4.53. The summed E-state index contributed by atoms with van der Waals surface area (Å²) in [5.74, 6) is -3.11. The predicted octanol–water partition coefficient (Wildman–Crippen LogP) is 1.95. The second-order valence-corrected chi connectivity index (χ2v) is 5.11. The van der Waals surface area contributed by atoms with E-state index < -0.39 is 29.0 Å². The SMILES string of the molecule is NC(=O)c1cnc(NCCNC(=O)c2c(F)cccc2F)c(Cl)c1. The number of amides is 2. The lowest BCUT2D eigenvalue weighted by molar-refractivity contribution is 0.0945. The molecule has 0 bridgehead atoms. The van der Waals surface area contributed by atoms with Crippen molar-refractivity contribution < 1.29 is 18.4 Å². The molecule has 0 radical (unpaired) electrons. The fourth-order valence-electron chi connectivity index (χ4n) is 1.86. The van der Waals surface area contributed by atoms with Crippen molar-refractivity contribution in [2.45, 2.75) is 0 Å². The molecule has 0 unspecified atom stereocenters. The van der Waals surface area contributed by atoms with Gasteiger partial charge in [-0.1, -0.05) is 17.7 Å². The smallest absolute Gasteiger partial charge is 0.257 e. The monoisotopic (exact) mass is 354 g/mol. The van der Waals surface area contributed by atoms with E-state index >= 15 is 0 Å². The highest BCUT2D eigenvalue weighted by Crippen LogP contribution is 2.19. The summed E-state index contributed by atoms with van der Waals surface area (Å²) in [6.45, 7) is 0.270. The molecule has 0 atom stereocenters. The number of aromatic nitrogens is 1. The van der Waals surface area contributed by atoms with Crippen LogP contribution in [-0.4, -0.2) is 29.9 Å². The van der Waals surface area contributed by atoms with Crippen molar-refractivity contribution >= 4 is 29.2 Å². The molecule has 0 fully saturated rings. The van der Waals surface area contributed by atoms with Gasteiger partial charge < -0.3 is 16.4 Å². The lowest BCUT2D eigenvalue weighted by Gasteiger charge is -2.10. The molecule has 4 N–H and O–H groups in total. The summed E-state index contributed by atoms with van der Waals surface area (Å²) in [5.41, 5.74) is 4.62. The van der Waals surface area contributed by atoms with Gasteiger partial charge in [-0.05, 0) is 18.2 Å². The van der Waals surface area contributed by atoms with E-state index in [1.165, 1.54) is 18.3 Å². The largest absolute Gasteiger partial charge is 0.367 e. The number of hydrogen-bond donors (Lipinski definition) is 3. The van der Waals surface area contributed by atoms with E-state index in [0.29, 0.717) is 0 Å². The van der Waals surface area contributed by atoms with E-state index in [0.717, 1.165) is 12.1 Å². The van der Waals surface area contributed by atoms with Crippen LogP contribution in [-0.2, 0) is 0 Å². The Balaban J connectivity index is 1.89. The lowest BCUT2D eigenvalue weighted by atomic mass is 10.2. The van der Waals surface area contributed by atoms with Crippen LogP contribution in [0.5, 0.6) is 0 Å². The molecule has 0 aliphatic rings. The molecule has 24 heavy (non-hydrogen) atoms. The van der Waals surface area contributed by atoms with Crippen LogP contribution in [0, 0.1) is 11.6 Å². The number of primary amides is 1. The maximum Gasteiger partial charge on any atom is 0.257 e. The minimum Gasteiger partial charge on any atom is -0.367 e. The maximum atomic E-state index is 13.4. The summed E-state index contributed by atoms with van der Waals surface area (Å²) in [6.07, 6.45) is 1.25. The number of benzene rings is 1. The molecule has 1 aromatic heterocycles. The number of carbonyl (C=O) groups excluding carboxylic acids is 2. The Morgan fingerprint density at radius 2 is 1.88 bits per heavy atom. The van der Waals surface area contributed by atoms with Crippen LogP contribution in [0.1, 0.15) is 20.7 Å². The number of hydrogen-bond acceptors (Lipinski definition) is 4. The number of carbonyl (C=O) groups is 2. The third-order valence-corrected chi connectivity index (χ3v) is 3.31. The van der Waals surface area contributed by atoms with Gasteiger partial charge in [0, 0.05) is 19.3 Å². The number of anilines is 1. The van der Waals surface area contributed by atoms with Crippen LogP contribution in [0.4, 0.5) is 14.6 Å². The van der Waals surface area contributed by atoms with Crippen LogP contribution in [0.3, 0.4) is 0 Å². The van der Waals surface area contributed by atoms with E-state index in [1.807, 2.05) is 0 Å². The summed E-state index contributed by atoms with van der Waals surface area (Å²) in [4.78, 5) is 26.7. The number of rotatable bonds is 6. The van der Waals surface area contributed by atoms with Crippen LogP contribution < -0.4 is 16.4 Å². The topological polar surface area (TPSA) is 97.1 Å². The third kappa shape index (κ3) is 4.17. The first-order valence-electron chi connectivity index (χ1n) is 6.81. The van der Waals surface area contributed by atoms with Gasteiger partial charge in [-0.25, -0.2) is 13.8 Å². The molecular formula is C15H13ClF2N4O2. The van der Waals surface area contributed by atoms with E-state index in [4.69, 9.17) is 17.3 Å². The average Bonchev–Trinajstić information content (AvgIpc) is 2.52. The highest BCUT2D eigenvalue weighted by Gasteiger charge is 2.16. The zero-order valence-corrected chi connectivity index (χ0v) is 13.0. The minimum atomic E-state index is -0.938. The second kappa shape index (κ2) is 7.69. The standard InChI is InChI=1S/C15H13ClF2N4O2/c16-9-6-8(13(19)23)7-22-14(9)20-4-5-21-15(24)12-10(17)2-1-3-11(12)18/h1-3,6-7H,4-5H2,(H2,19,23)(H,20,22)(H,21,24). The van der Waals surface area contributed by atoms with Crippen molar-refractivity contribution in [1.82, 2.24) is 10.3 Å². The molecule has 0 aliphatic carbocycles. The Morgan fingerprint density at radius 1 is 1.21 bits per heavy atom. The molecule has 1 aromatic carbocycles. The zero-order chi connectivity index (χ0) is 17.7. The van der Waals surface area contributed by atoms with Gasteiger partial charge in [0.05, 0.1) is 10.6 Å². The van der Waals surface area contributed by atoms with Crippen LogP contribution in [0.2, 0.25) is 5.02 Å². The Hall–Kier alpha value is -2.74. The first-order valence-corrected chi connectivity index (χ1v) is 7.19. The molecule has 126 valence electrons. The van der Waals surface area contributed by atoms with Crippen LogP contribution in [0.25, 0.3) is 0 Å². The molecule has 0 saturated heterocycles. The van der Waals surface area contributed by atoms with Gasteiger partial charge >= 0.3 is 0 Å². The van der Waals surface area contributed by atoms with Crippen LogP contribution in [0.15, 0.2) is 30.5 Å². The summed E-state index contributed by atoms with van der Waals surface area (Å²) >= 11 is 5.93. The molecule has 0 spiro atoms. The molecule has 0 aliphatic heterocycles. The molecule has 0 saturated carbocycles. The van der Waals surface area contributed by atoms with Gasteiger partial charge in [0.25, 0.3) is 5.91 Å². The molecule has 2 aromatic rings. The van der Waals surface area contributed by atoms with Crippen molar-refractivity contribution in [3.8, 4) is 0 Å². The first kappa shape index (κ1) is 17.6. The maximum absolute atomic E-state index is 13.4. The van der Waals surface area contributed by atoms with E-state index in [2.05, 4.69) is 15.6 Å². The Morgan fingerprint density at radius 3 is 2.46 bits per heavy atom. The number of pyridine rings is 1. The van der Waals surface area contributed by atoms with Gasteiger partial charge in [0.1, 0.15) is 23.0 Å². The molecule has 9 heteroatoms. The lowest BCUT2D eigenvalue weighted by Crippen LogP contribution is -2.30. The predicted molar refractivity (Wildman–Crippen MR) is 84.9 cm³/mol. The van der Waals surface area contributed by atoms with E-state index in [-0.39, 0.29) is 29.5 Å². The van der Waals surface area contributed by atoms with E-state index in [9.17, 15) is 18.4 Å². The quantitative estimate of drug-likeness (QED) is 0.691.